The summed E-state index contributed by atoms with van der Waals surface area (Å²) in [4.78, 5) is 35.0. The first-order valence-electron chi connectivity index (χ1n) is 12.1. The number of thioether (sulfide) groups is 1. The van der Waals surface area contributed by atoms with Gasteiger partial charge in [-0.2, -0.15) is 17.0 Å². The van der Waals surface area contributed by atoms with Crippen LogP contribution in [0.25, 0.3) is 0 Å². The molecular formula is C23H39N5O5S. The van der Waals surface area contributed by atoms with Gasteiger partial charge in [-0.1, -0.05) is 6.42 Å². The third-order valence-electron chi connectivity index (χ3n) is 5.87. The van der Waals surface area contributed by atoms with E-state index in [0.717, 1.165) is 25.0 Å². The molecule has 34 heavy (non-hydrogen) atoms. The van der Waals surface area contributed by atoms with Crippen molar-refractivity contribution in [2.45, 2.75) is 69.7 Å². The summed E-state index contributed by atoms with van der Waals surface area (Å²) in [7, 11) is 0. The molecule has 0 spiro atoms. The molecule has 2 aliphatic heterocycles. The SMILES string of the molecule is CC(C)(C#N)CCC(=O)NCCOCCOCCNC(=O)CCCCC1SCC2NC(=O)NC21. The Hall–Kier alpha value is -2.03. The minimum Gasteiger partial charge on any atom is -0.377 e. The monoisotopic (exact) mass is 497 g/mol. The molecule has 3 unspecified atom stereocenters. The normalized spacial score (nSPS) is 21.3. The van der Waals surface area contributed by atoms with Crippen molar-refractivity contribution in [3.05, 3.63) is 0 Å². The predicted octanol–water partition coefficient (Wildman–Crippen LogP) is 1.31. The van der Waals surface area contributed by atoms with Crippen LogP contribution < -0.4 is 21.3 Å². The van der Waals surface area contributed by atoms with Crippen molar-refractivity contribution in [2.75, 3.05) is 45.3 Å². The third-order valence-corrected chi connectivity index (χ3v) is 7.38. The van der Waals surface area contributed by atoms with Crippen LogP contribution in [0.15, 0.2) is 0 Å². The van der Waals surface area contributed by atoms with Crippen LogP contribution in [0, 0.1) is 16.7 Å². The second kappa shape index (κ2) is 15.1. The second-order valence-electron chi connectivity index (χ2n) is 9.29. The Labute approximate surface area is 206 Å². The van der Waals surface area contributed by atoms with Crippen molar-refractivity contribution in [1.82, 2.24) is 21.3 Å². The quantitative estimate of drug-likeness (QED) is 0.175. The van der Waals surface area contributed by atoms with Crippen molar-refractivity contribution in [2.24, 2.45) is 5.41 Å². The Bertz CT molecular complexity index is 714. The summed E-state index contributed by atoms with van der Waals surface area (Å²) in [5, 5.41) is 20.9. The average molecular weight is 498 g/mol. The fourth-order valence-corrected chi connectivity index (χ4v) is 5.32. The van der Waals surface area contributed by atoms with E-state index in [2.05, 4.69) is 27.3 Å². The molecule has 2 saturated heterocycles. The molecule has 0 aromatic carbocycles. The van der Waals surface area contributed by atoms with Crippen molar-refractivity contribution >= 4 is 29.6 Å². The summed E-state index contributed by atoms with van der Waals surface area (Å²) >= 11 is 1.89. The highest BCUT2D eigenvalue weighted by Gasteiger charge is 2.42. The molecule has 0 aromatic rings. The molecule has 0 bridgehead atoms. The molecular weight excluding hydrogens is 458 g/mol. The molecule has 2 rings (SSSR count). The van der Waals surface area contributed by atoms with Crippen LogP contribution in [-0.2, 0) is 19.1 Å². The lowest BCUT2D eigenvalue weighted by molar-refractivity contribution is -0.122. The summed E-state index contributed by atoms with van der Waals surface area (Å²) in [6, 6.07) is 2.58. The van der Waals surface area contributed by atoms with Gasteiger partial charge < -0.3 is 30.7 Å². The fraction of sp³-hybridized carbons (Fsp3) is 0.826. The van der Waals surface area contributed by atoms with Crippen molar-refractivity contribution in [3.8, 4) is 6.07 Å². The molecule has 2 heterocycles. The Balaban J connectivity index is 1.33. The highest BCUT2D eigenvalue weighted by atomic mass is 32.2. The third kappa shape index (κ3) is 10.9. The van der Waals surface area contributed by atoms with Gasteiger partial charge in [0.05, 0.1) is 50.0 Å². The molecule has 11 heteroatoms. The zero-order chi connectivity index (χ0) is 24.8. The van der Waals surface area contributed by atoms with E-state index in [0.29, 0.717) is 64.0 Å². The minimum absolute atomic E-state index is 0.0292. The van der Waals surface area contributed by atoms with Gasteiger partial charge in [0.1, 0.15) is 0 Å². The molecule has 2 fully saturated rings. The maximum Gasteiger partial charge on any atom is 0.315 e. The van der Waals surface area contributed by atoms with Gasteiger partial charge in [-0.15, -0.1) is 0 Å². The zero-order valence-corrected chi connectivity index (χ0v) is 21.1. The number of hydrogen-bond donors (Lipinski definition) is 4. The van der Waals surface area contributed by atoms with Gasteiger partial charge in [0, 0.05) is 36.9 Å². The molecule has 10 nitrogen and oxygen atoms in total. The average Bonchev–Trinajstić information content (AvgIpc) is 3.35. The first-order chi connectivity index (χ1) is 16.3. The Morgan fingerprint density at radius 3 is 2.35 bits per heavy atom. The van der Waals surface area contributed by atoms with Gasteiger partial charge >= 0.3 is 6.03 Å². The highest BCUT2D eigenvalue weighted by molar-refractivity contribution is 8.00. The lowest BCUT2D eigenvalue weighted by Gasteiger charge is -2.16. The number of nitrogens with one attached hydrogen (secondary N) is 4. The maximum absolute atomic E-state index is 11.9. The molecule has 3 atom stereocenters. The predicted molar refractivity (Wildman–Crippen MR) is 130 cm³/mol. The number of carbonyl (C=O) groups excluding carboxylic acids is 3. The van der Waals surface area contributed by atoms with Crippen LogP contribution in [0.5, 0.6) is 0 Å². The number of amides is 4. The maximum atomic E-state index is 11.9. The lowest BCUT2D eigenvalue weighted by Crippen LogP contribution is -2.36. The smallest absolute Gasteiger partial charge is 0.315 e. The van der Waals surface area contributed by atoms with Crippen LogP contribution in [0.2, 0.25) is 0 Å². The van der Waals surface area contributed by atoms with Gasteiger partial charge in [0.2, 0.25) is 11.8 Å². The summed E-state index contributed by atoms with van der Waals surface area (Å²) in [6.45, 7) is 6.19. The summed E-state index contributed by atoms with van der Waals surface area (Å²) in [5.41, 5.74) is -0.488. The molecule has 192 valence electrons. The van der Waals surface area contributed by atoms with Crippen LogP contribution in [0.3, 0.4) is 0 Å². The zero-order valence-electron chi connectivity index (χ0n) is 20.3. The van der Waals surface area contributed by atoms with Gasteiger partial charge in [-0.3, -0.25) is 9.59 Å². The molecule has 0 aliphatic carbocycles. The van der Waals surface area contributed by atoms with Crippen LogP contribution in [0.4, 0.5) is 4.79 Å². The number of ether oxygens (including phenoxy) is 2. The summed E-state index contributed by atoms with van der Waals surface area (Å²) in [5.74, 6) is 0.907. The molecule has 0 radical (unpaired) electrons. The van der Waals surface area contributed by atoms with Crippen molar-refractivity contribution < 1.29 is 23.9 Å². The number of nitrogens with zero attached hydrogens (tertiary/aromatic N) is 1. The van der Waals surface area contributed by atoms with Crippen LogP contribution in [-0.4, -0.2) is 80.4 Å². The van der Waals surface area contributed by atoms with E-state index < -0.39 is 5.41 Å². The topological polar surface area (TPSA) is 142 Å². The summed E-state index contributed by atoms with van der Waals surface area (Å²) < 4.78 is 10.9. The van der Waals surface area contributed by atoms with E-state index in [1.807, 2.05) is 25.6 Å². The Morgan fingerprint density at radius 2 is 1.71 bits per heavy atom. The molecule has 4 N–H and O–H groups in total. The van der Waals surface area contributed by atoms with E-state index in [1.54, 1.807) is 0 Å². The molecule has 0 aromatic heterocycles. The van der Waals surface area contributed by atoms with Crippen molar-refractivity contribution in [1.29, 1.82) is 5.26 Å². The van der Waals surface area contributed by atoms with Gasteiger partial charge in [0.15, 0.2) is 0 Å². The molecule has 4 amide bonds. The number of unbranched alkanes of at least 4 members (excludes halogenated alkanes) is 1. The fourth-order valence-electron chi connectivity index (χ4n) is 3.78. The molecule has 2 aliphatic rings. The Kier molecular flexibility index (Phi) is 12.5. The first-order valence-corrected chi connectivity index (χ1v) is 13.1. The van der Waals surface area contributed by atoms with Crippen molar-refractivity contribution in [3.63, 3.8) is 0 Å². The van der Waals surface area contributed by atoms with Gasteiger partial charge in [-0.05, 0) is 33.1 Å². The first kappa shape index (κ1) is 28.2. The van der Waals surface area contributed by atoms with E-state index in [1.165, 1.54) is 0 Å². The lowest BCUT2D eigenvalue weighted by atomic mass is 9.90. The largest absolute Gasteiger partial charge is 0.377 e. The molecule has 0 saturated carbocycles. The number of nitriles is 1. The second-order valence-corrected chi connectivity index (χ2v) is 10.6. The summed E-state index contributed by atoms with van der Waals surface area (Å²) in [6.07, 6.45) is 4.17. The van der Waals surface area contributed by atoms with Crippen LogP contribution in [0.1, 0.15) is 52.4 Å². The van der Waals surface area contributed by atoms with E-state index in [-0.39, 0.29) is 29.9 Å². The number of hydrogen-bond acceptors (Lipinski definition) is 7. The minimum atomic E-state index is -0.488. The standard InChI is InChI=1S/C23H39N5O5S/c1-23(2,16-24)8-7-20(30)26-10-12-33-14-13-32-11-9-25-19(29)6-4-3-5-18-21-17(15-34-18)27-22(31)28-21/h17-18,21H,3-15H2,1-2H3,(H,25,29)(H,26,30)(H2,27,28,31). The number of fused-ring (bicyclic) bond motifs is 1. The van der Waals surface area contributed by atoms with Crippen LogP contribution >= 0.6 is 11.8 Å². The van der Waals surface area contributed by atoms with E-state index >= 15 is 0 Å². The number of urea groups is 1. The van der Waals surface area contributed by atoms with E-state index in [9.17, 15) is 14.4 Å². The Morgan fingerprint density at radius 1 is 1.06 bits per heavy atom. The number of carbonyl (C=O) groups is 3. The highest BCUT2D eigenvalue weighted by Crippen LogP contribution is 2.33. The number of rotatable bonds is 17. The van der Waals surface area contributed by atoms with E-state index in [4.69, 9.17) is 14.7 Å². The van der Waals surface area contributed by atoms with Gasteiger partial charge in [0.25, 0.3) is 0 Å². The van der Waals surface area contributed by atoms with Gasteiger partial charge in [-0.25, -0.2) is 4.79 Å².